The van der Waals surface area contributed by atoms with Gasteiger partial charge in [-0.15, -0.1) is 0 Å². The molecule has 1 fully saturated rings. The van der Waals surface area contributed by atoms with Gasteiger partial charge in [0.15, 0.2) is 12.1 Å². The number of allylic oxidation sites excluding steroid dienone is 1. The maximum atomic E-state index is 12.4. The van der Waals surface area contributed by atoms with E-state index in [1.54, 1.807) is 6.08 Å². The highest BCUT2D eigenvalue weighted by atomic mass is 16.6. The van der Waals surface area contributed by atoms with Crippen LogP contribution in [-0.4, -0.2) is 47.6 Å². The van der Waals surface area contributed by atoms with Crippen molar-refractivity contribution in [2.24, 2.45) is 0 Å². The lowest BCUT2D eigenvalue weighted by Crippen LogP contribution is -2.47. The molecule has 0 amide bonds. The zero-order chi connectivity index (χ0) is 13.3. The first-order chi connectivity index (χ1) is 8.46. The molecular weight excluding hydrogens is 234 g/mol. The Labute approximate surface area is 107 Å². The first kappa shape index (κ1) is 13.3. The molecule has 2 aliphatic heterocycles. The molecule has 5 nitrogen and oxygen atoms in total. The first-order valence-corrected chi connectivity index (χ1v) is 6.19. The smallest absolute Gasteiger partial charge is 0.331 e. The normalized spacial score (nSPS) is 33.9. The number of hydrogen-bond acceptors (Lipinski definition) is 4. The maximum Gasteiger partial charge on any atom is 0.331 e. The topological polar surface area (TPSA) is 69.6 Å². The Hall–Kier alpha value is -1.17. The highest BCUT2D eigenvalue weighted by molar-refractivity contribution is 5.82. The highest BCUT2D eigenvalue weighted by Gasteiger charge is 2.49. The molecule has 100 valence electrons. The Kier molecular flexibility index (Phi) is 3.56. The number of nitrogens with zero attached hydrogens (tertiary/aromatic N) is 1. The van der Waals surface area contributed by atoms with Crippen molar-refractivity contribution in [3.8, 4) is 0 Å². The number of hydrogen-bond donors (Lipinski definition) is 1. The molecule has 2 aliphatic rings. The van der Waals surface area contributed by atoms with Crippen LogP contribution in [0.5, 0.6) is 0 Å². The van der Waals surface area contributed by atoms with E-state index in [0.29, 0.717) is 25.1 Å². The SMILES string of the molecule is CC(C)=CC(=O)O[C@@H]1CC[N@@+]2([O-])CC=C(CO)[C@H]12. The lowest BCUT2D eigenvalue weighted by Gasteiger charge is -2.40. The van der Waals surface area contributed by atoms with Gasteiger partial charge in [0.2, 0.25) is 0 Å². The fourth-order valence-corrected chi connectivity index (χ4v) is 2.78. The van der Waals surface area contributed by atoms with Gasteiger partial charge in [-0.05, 0) is 19.9 Å². The number of carbonyl (C=O) groups is 1. The number of quaternary nitrogens is 1. The third kappa shape index (κ3) is 2.34. The van der Waals surface area contributed by atoms with Crippen LogP contribution < -0.4 is 0 Å². The van der Waals surface area contributed by atoms with Crippen molar-refractivity contribution < 1.29 is 19.3 Å². The monoisotopic (exact) mass is 253 g/mol. The second kappa shape index (κ2) is 4.84. The minimum Gasteiger partial charge on any atom is -0.632 e. The van der Waals surface area contributed by atoms with Crippen LogP contribution in [0.4, 0.5) is 0 Å². The molecule has 0 aliphatic carbocycles. The Balaban J connectivity index is 2.09. The molecule has 2 rings (SSSR count). The lowest BCUT2D eigenvalue weighted by atomic mass is 10.1. The van der Waals surface area contributed by atoms with Crippen LogP contribution in [-0.2, 0) is 9.53 Å². The van der Waals surface area contributed by atoms with Crippen LogP contribution in [0.3, 0.4) is 0 Å². The summed E-state index contributed by atoms with van der Waals surface area (Å²) in [4.78, 5) is 11.6. The minimum atomic E-state index is -0.412. The molecule has 18 heavy (non-hydrogen) atoms. The molecular formula is C13H19NO4. The molecule has 1 N–H and O–H groups in total. The van der Waals surface area contributed by atoms with Gasteiger partial charge in [0, 0.05) is 18.1 Å². The van der Waals surface area contributed by atoms with E-state index in [0.717, 1.165) is 5.57 Å². The maximum absolute atomic E-state index is 12.4. The average Bonchev–Trinajstić information content (AvgIpc) is 2.75. The van der Waals surface area contributed by atoms with Crippen LogP contribution in [0.1, 0.15) is 20.3 Å². The van der Waals surface area contributed by atoms with Crippen molar-refractivity contribution in [2.75, 3.05) is 19.7 Å². The van der Waals surface area contributed by atoms with Gasteiger partial charge in [-0.25, -0.2) is 4.79 Å². The van der Waals surface area contributed by atoms with Gasteiger partial charge in [0.05, 0.1) is 19.7 Å². The molecule has 0 aromatic carbocycles. The van der Waals surface area contributed by atoms with E-state index in [9.17, 15) is 15.1 Å². The van der Waals surface area contributed by atoms with E-state index in [-0.39, 0.29) is 11.3 Å². The number of esters is 1. The fourth-order valence-electron chi connectivity index (χ4n) is 2.78. The third-order valence-electron chi connectivity index (χ3n) is 3.55. The van der Waals surface area contributed by atoms with Gasteiger partial charge in [-0.1, -0.05) is 5.57 Å². The molecule has 0 aromatic rings. The summed E-state index contributed by atoms with van der Waals surface area (Å²) in [7, 11) is 0. The van der Waals surface area contributed by atoms with Crippen molar-refractivity contribution in [2.45, 2.75) is 32.4 Å². The average molecular weight is 253 g/mol. The van der Waals surface area contributed by atoms with Gasteiger partial charge < -0.3 is 19.7 Å². The molecule has 5 heteroatoms. The van der Waals surface area contributed by atoms with Crippen molar-refractivity contribution in [1.29, 1.82) is 0 Å². The van der Waals surface area contributed by atoms with E-state index in [4.69, 9.17) is 4.74 Å². The molecule has 2 heterocycles. The highest BCUT2D eigenvalue weighted by Crippen LogP contribution is 2.37. The molecule has 3 atom stereocenters. The fraction of sp³-hybridized carbons (Fsp3) is 0.615. The zero-order valence-corrected chi connectivity index (χ0v) is 10.8. The van der Waals surface area contributed by atoms with E-state index < -0.39 is 18.1 Å². The quantitative estimate of drug-likeness (QED) is 0.266. The zero-order valence-electron chi connectivity index (χ0n) is 10.8. The standard InChI is InChI=1S/C13H19NO4/c1-9(2)7-12(16)18-11-4-6-14(17)5-3-10(8-15)13(11)14/h3,7,11,13,15H,4-6,8H2,1-2H3/t11-,13-,14+/m1/s1. The van der Waals surface area contributed by atoms with Crippen molar-refractivity contribution in [1.82, 2.24) is 0 Å². The van der Waals surface area contributed by atoms with Crippen molar-refractivity contribution in [3.63, 3.8) is 0 Å². The summed E-state index contributed by atoms with van der Waals surface area (Å²) in [5, 5.41) is 21.7. The third-order valence-corrected chi connectivity index (χ3v) is 3.55. The number of fused-ring (bicyclic) bond motifs is 1. The molecule has 0 aromatic heterocycles. The Morgan fingerprint density at radius 1 is 1.67 bits per heavy atom. The van der Waals surface area contributed by atoms with Crippen LogP contribution in [0.15, 0.2) is 23.3 Å². The van der Waals surface area contributed by atoms with E-state index in [1.807, 2.05) is 13.8 Å². The molecule has 0 saturated carbocycles. The summed E-state index contributed by atoms with van der Waals surface area (Å²) >= 11 is 0. The molecule has 1 saturated heterocycles. The Morgan fingerprint density at radius 2 is 2.39 bits per heavy atom. The molecule has 0 radical (unpaired) electrons. The van der Waals surface area contributed by atoms with Crippen LogP contribution >= 0.6 is 0 Å². The number of carbonyl (C=O) groups excluding carboxylic acids is 1. The van der Waals surface area contributed by atoms with Gasteiger partial charge >= 0.3 is 5.97 Å². The summed E-state index contributed by atoms with van der Waals surface area (Å²) in [6.45, 7) is 4.31. The predicted octanol–water partition coefficient (Wildman–Crippen LogP) is 0.884. The summed E-state index contributed by atoms with van der Waals surface area (Å²) in [5.41, 5.74) is 1.57. The minimum absolute atomic E-state index is 0.135. The first-order valence-electron chi connectivity index (χ1n) is 6.19. The van der Waals surface area contributed by atoms with E-state index in [2.05, 4.69) is 0 Å². The Morgan fingerprint density at radius 3 is 3.00 bits per heavy atom. The van der Waals surface area contributed by atoms with Gasteiger partial charge in [-0.2, -0.15) is 0 Å². The number of hydroxylamine groups is 3. The van der Waals surface area contributed by atoms with Crippen molar-refractivity contribution in [3.05, 3.63) is 28.5 Å². The van der Waals surface area contributed by atoms with Crippen molar-refractivity contribution >= 4 is 5.97 Å². The van der Waals surface area contributed by atoms with E-state index >= 15 is 0 Å². The number of rotatable bonds is 3. The molecule has 0 bridgehead atoms. The van der Waals surface area contributed by atoms with E-state index in [1.165, 1.54) is 6.08 Å². The van der Waals surface area contributed by atoms with Gasteiger partial charge in [0.25, 0.3) is 0 Å². The molecule has 0 unspecified atom stereocenters. The second-order valence-electron chi connectivity index (χ2n) is 5.23. The summed E-state index contributed by atoms with van der Waals surface area (Å²) < 4.78 is 4.96. The lowest BCUT2D eigenvalue weighted by molar-refractivity contribution is -0.877. The number of aliphatic hydroxyl groups is 1. The molecule has 0 spiro atoms. The number of ether oxygens (including phenoxy) is 1. The summed E-state index contributed by atoms with van der Waals surface area (Å²) in [6.07, 6.45) is 3.35. The Bertz CT molecular complexity index is 411. The van der Waals surface area contributed by atoms with Crippen LogP contribution in [0.2, 0.25) is 0 Å². The largest absolute Gasteiger partial charge is 0.632 e. The van der Waals surface area contributed by atoms with Crippen LogP contribution in [0, 0.1) is 5.21 Å². The van der Waals surface area contributed by atoms with Gasteiger partial charge in [0.1, 0.15) is 0 Å². The summed E-state index contributed by atoms with van der Waals surface area (Å²) in [5.74, 6) is -0.405. The predicted molar refractivity (Wildman–Crippen MR) is 66.2 cm³/mol. The summed E-state index contributed by atoms with van der Waals surface area (Å²) in [6, 6.07) is -0.412. The van der Waals surface area contributed by atoms with Crippen LogP contribution in [0.25, 0.3) is 0 Å². The number of aliphatic hydroxyl groups excluding tert-OH is 1. The second-order valence-corrected chi connectivity index (χ2v) is 5.23. The van der Waals surface area contributed by atoms with Gasteiger partial charge in [-0.3, -0.25) is 0 Å².